The smallest absolute Gasteiger partial charge is 0.387 e. The molecule has 3 aromatic rings. The van der Waals surface area contributed by atoms with E-state index in [0.29, 0.717) is 5.56 Å². The molecule has 1 heterocycles. The molecule has 1 aromatic heterocycles. The van der Waals surface area contributed by atoms with Gasteiger partial charge in [-0.25, -0.2) is 4.98 Å². The zero-order valence-electron chi connectivity index (χ0n) is 14.1. The predicted molar refractivity (Wildman–Crippen MR) is 102 cm³/mol. The van der Waals surface area contributed by atoms with Crippen LogP contribution < -0.4 is 10.1 Å². The van der Waals surface area contributed by atoms with E-state index in [0.717, 1.165) is 16.3 Å². The standard InChI is InChI=1S/C20H16F2N2O2S/c21-20(22)26-17-9-5-4-6-14(17)10-11-18(25)23-12-16-13-27-19(24-16)15-7-2-1-3-8-15/h1-11,13,20H,12H2,(H,23,25)/b11-10+. The third-order valence-corrected chi connectivity index (χ3v) is 4.51. The molecule has 4 nitrogen and oxygen atoms in total. The maximum Gasteiger partial charge on any atom is 0.387 e. The molecule has 138 valence electrons. The first kappa shape index (κ1) is 18.7. The second-order valence-corrected chi connectivity index (χ2v) is 6.34. The van der Waals surface area contributed by atoms with E-state index in [4.69, 9.17) is 0 Å². The summed E-state index contributed by atoms with van der Waals surface area (Å²) < 4.78 is 29.2. The molecule has 0 aliphatic heterocycles. The van der Waals surface area contributed by atoms with Crippen molar-refractivity contribution in [3.8, 4) is 16.3 Å². The van der Waals surface area contributed by atoms with Crippen molar-refractivity contribution in [1.82, 2.24) is 10.3 Å². The van der Waals surface area contributed by atoms with E-state index < -0.39 is 6.61 Å². The van der Waals surface area contributed by atoms with Crippen LogP contribution in [0.5, 0.6) is 5.75 Å². The lowest BCUT2D eigenvalue weighted by molar-refractivity contribution is -0.116. The molecule has 0 unspecified atom stereocenters. The van der Waals surface area contributed by atoms with Crippen molar-refractivity contribution in [2.24, 2.45) is 0 Å². The second-order valence-electron chi connectivity index (χ2n) is 5.48. The number of carbonyl (C=O) groups excluding carboxylic acids is 1. The molecule has 0 saturated carbocycles. The molecule has 0 spiro atoms. The molecular weight excluding hydrogens is 370 g/mol. The number of hydrogen-bond acceptors (Lipinski definition) is 4. The second kappa shape index (κ2) is 9.05. The molecule has 1 amide bonds. The van der Waals surface area contributed by atoms with Gasteiger partial charge in [-0.15, -0.1) is 11.3 Å². The molecule has 0 fully saturated rings. The van der Waals surface area contributed by atoms with Crippen LogP contribution in [0, 0.1) is 0 Å². The van der Waals surface area contributed by atoms with Crippen molar-refractivity contribution in [2.45, 2.75) is 13.2 Å². The topological polar surface area (TPSA) is 51.2 Å². The van der Waals surface area contributed by atoms with Gasteiger partial charge in [-0.1, -0.05) is 48.5 Å². The quantitative estimate of drug-likeness (QED) is 0.597. The number of thiazole rings is 1. The molecular formula is C20H16F2N2O2S. The highest BCUT2D eigenvalue weighted by Gasteiger charge is 2.08. The minimum Gasteiger partial charge on any atom is -0.434 e. The van der Waals surface area contributed by atoms with E-state index >= 15 is 0 Å². The molecule has 0 aliphatic rings. The number of alkyl halides is 2. The zero-order valence-corrected chi connectivity index (χ0v) is 15.0. The fourth-order valence-electron chi connectivity index (χ4n) is 2.33. The molecule has 0 aliphatic carbocycles. The minimum absolute atomic E-state index is 0.0172. The van der Waals surface area contributed by atoms with Gasteiger partial charge in [-0.05, 0) is 12.1 Å². The van der Waals surface area contributed by atoms with E-state index in [1.807, 2.05) is 35.7 Å². The van der Waals surface area contributed by atoms with Gasteiger partial charge >= 0.3 is 6.61 Å². The Kier molecular flexibility index (Phi) is 6.27. The normalized spacial score (nSPS) is 11.1. The Morgan fingerprint density at radius 1 is 1.15 bits per heavy atom. The van der Waals surface area contributed by atoms with E-state index in [2.05, 4.69) is 15.0 Å². The van der Waals surface area contributed by atoms with Gasteiger partial charge in [0.25, 0.3) is 0 Å². The summed E-state index contributed by atoms with van der Waals surface area (Å²) in [6, 6.07) is 16.0. The number of hydrogen-bond donors (Lipinski definition) is 1. The van der Waals surface area contributed by atoms with Crippen LogP contribution in [-0.2, 0) is 11.3 Å². The molecule has 0 bridgehead atoms. The SMILES string of the molecule is O=C(/C=C/c1ccccc1OC(F)F)NCc1csc(-c2ccccc2)n1. The molecule has 0 atom stereocenters. The first-order valence-corrected chi connectivity index (χ1v) is 8.99. The average Bonchev–Trinajstić information content (AvgIpc) is 3.15. The lowest BCUT2D eigenvalue weighted by Gasteiger charge is -2.07. The summed E-state index contributed by atoms with van der Waals surface area (Å²) in [6.45, 7) is -2.64. The number of amides is 1. The van der Waals surface area contributed by atoms with Gasteiger partial charge < -0.3 is 10.1 Å². The summed E-state index contributed by atoms with van der Waals surface area (Å²) in [5.41, 5.74) is 2.17. The molecule has 0 saturated heterocycles. The Hall–Kier alpha value is -3.06. The monoisotopic (exact) mass is 386 g/mol. The lowest BCUT2D eigenvalue weighted by Crippen LogP contribution is -2.20. The van der Waals surface area contributed by atoms with Crippen LogP contribution in [0.3, 0.4) is 0 Å². The van der Waals surface area contributed by atoms with Gasteiger partial charge in [0.05, 0.1) is 12.2 Å². The van der Waals surface area contributed by atoms with Crippen molar-refractivity contribution < 1.29 is 18.3 Å². The Labute approximate surface area is 159 Å². The number of carbonyl (C=O) groups is 1. The largest absolute Gasteiger partial charge is 0.434 e. The lowest BCUT2D eigenvalue weighted by atomic mass is 10.2. The van der Waals surface area contributed by atoms with Crippen LogP contribution >= 0.6 is 11.3 Å². The van der Waals surface area contributed by atoms with E-state index in [1.54, 1.807) is 18.2 Å². The highest BCUT2D eigenvalue weighted by Crippen LogP contribution is 2.23. The highest BCUT2D eigenvalue weighted by atomic mass is 32.1. The number of ether oxygens (including phenoxy) is 1. The Morgan fingerprint density at radius 2 is 1.89 bits per heavy atom. The molecule has 0 radical (unpaired) electrons. The fourth-order valence-corrected chi connectivity index (χ4v) is 3.15. The zero-order chi connectivity index (χ0) is 19.1. The number of aromatic nitrogens is 1. The van der Waals surface area contributed by atoms with E-state index in [-0.39, 0.29) is 18.2 Å². The third kappa shape index (κ3) is 5.46. The molecule has 1 N–H and O–H groups in total. The number of halogens is 2. The summed E-state index contributed by atoms with van der Waals surface area (Å²) in [4.78, 5) is 16.5. The van der Waals surface area contributed by atoms with Crippen molar-refractivity contribution >= 4 is 23.3 Å². The molecule has 27 heavy (non-hydrogen) atoms. The summed E-state index contributed by atoms with van der Waals surface area (Å²) >= 11 is 1.50. The molecule has 2 aromatic carbocycles. The number of benzene rings is 2. The molecule has 7 heteroatoms. The average molecular weight is 386 g/mol. The van der Waals surface area contributed by atoms with Gasteiger partial charge in [-0.3, -0.25) is 4.79 Å². The van der Waals surface area contributed by atoms with Crippen LogP contribution in [0.2, 0.25) is 0 Å². The maximum atomic E-state index is 12.4. The van der Waals surface area contributed by atoms with Gasteiger partial charge in [0.2, 0.25) is 5.91 Å². The van der Waals surface area contributed by atoms with Crippen LogP contribution in [0.1, 0.15) is 11.3 Å². The van der Waals surface area contributed by atoms with Crippen molar-refractivity contribution in [3.05, 3.63) is 77.3 Å². The first-order valence-electron chi connectivity index (χ1n) is 8.11. The van der Waals surface area contributed by atoms with Crippen molar-refractivity contribution in [2.75, 3.05) is 0 Å². The van der Waals surface area contributed by atoms with Crippen molar-refractivity contribution in [1.29, 1.82) is 0 Å². The van der Waals surface area contributed by atoms with Crippen LogP contribution in [0.25, 0.3) is 16.6 Å². The van der Waals surface area contributed by atoms with Crippen molar-refractivity contribution in [3.63, 3.8) is 0 Å². The predicted octanol–water partition coefficient (Wildman–Crippen LogP) is 4.74. The Morgan fingerprint density at radius 3 is 2.67 bits per heavy atom. The fraction of sp³-hybridized carbons (Fsp3) is 0.100. The van der Waals surface area contributed by atoms with Crippen LogP contribution in [0.15, 0.2) is 66.1 Å². The minimum atomic E-state index is -2.92. The summed E-state index contributed by atoms with van der Waals surface area (Å²) in [5.74, 6) is -0.334. The Balaban J connectivity index is 1.58. The number of nitrogens with one attached hydrogen (secondary N) is 1. The Bertz CT molecular complexity index is 926. The third-order valence-electron chi connectivity index (χ3n) is 3.57. The van der Waals surface area contributed by atoms with E-state index in [9.17, 15) is 13.6 Å². The highest BCUT2D eigenvalue weighted by molar-refractivity contribution is 7.13. The first-order chi connectivity index (χ1) is 13.1. The van der Waals surface area contributed by atoms with Crippen LogP contribution in [-0.4, -0.2) is 17.5 Å². The number of para-hydroxylation sites is 1. The van der Waals surface area contributed by atoms with Gasteiger partial charge in [0, 0.05) is 22.6 Å². The molecule has 3 rings (SSSR count). The van der Waals surface area contributed by atoms with E-state index in [1.165, 1.54) is 29.6 Å². The summed E-state index contributed by atoms with van der Waals surface area (Å²) in [7, 11) is 0. The van der Waals surface area contributed by atoms with Gasteiger partial charge in [-0.2, -0.15) is 8.78 Å². The van der Waals surface area contributed by atoms with Gasteiger partial charge in [0.15, 0.2) is 0 Å². The summed E-state index contributed by atoms with van der Waals surface area (Å²) in [6.07, 6.45) is 2.71. The number of nitrogens with zero attached hydrogens (tertiary/aromatic N) is 1. The van der Waals surface area contributed by atoms with Crippen LogP contribution in [0.4, 0.5) is 8.78 Å². The number of rotatable bonds is 7. The summed E-state index contributed by atoms with van der Waals surface area (Å²) in [5, 5.41) is 5.49. The van der Waals surface area contributed by atoms with Gasteiger partial charge in [0.1, 0.15) is 10.8 Å². The maximum absolute atomic E-state index is 12.4.